The number of nitrogens with zero attached hydrogens (tertiary/aromatic N) is 1. The Bertz CT molecular complexity index is 969. The molecule has 2 atom stereocenters. The number of hydrogen-bond acceptors (Lipinski definition) is 4. The van der Waals surface area contributed by atoms with Crippen LogP contribution in [0.15, 0.2) is 54.6 Å². The van der Waals surface area contributed by atoms with Crippen LogP contribution < -0.4 is 15.4 Å². The third-order valence-electron chi connectivity index (χ3n) is 6.76. The summed E-state index contributed by atoms with van der Waals surface area (Å²) in [6.45, 7) is 5.14. The summed E-state index contributed by atoms with van der Waals surface area (Å²) in [5.41, 5.74) is 1.62. The van der Waals surface area contributed by atoms with E-state index in [1.807, 2.05) is 49.1 Å². The number of hydrogen-bond donors (Lipinski definition) is 2. The van der Waals surface area contributed by atoms with Gasteiger partial charge in [0, 0.05) is 31.1 Å². The van der Waals surface area contributed by atoms with Crippen LogP contribution in [0.3, 0.4) is 0 Å². The van der Waals surface area contributed by atoms with Gasteiger partial charge >= 0.3 is 0 Å². The molecule has 0 aliphatic carbocycles. The Morgan fingerprint density at radius 2 is 1.66 bits per heavy atom. The molecule has 3 rings (SSSR count). The second kappa shape index (κ2) is 12.9. The number of rotatable bonds is 10. The molecule has 0 bridgehead atoms. The van der Waals surface area contributed by atoms with Gasteiger partial charge in [-0.2, -0.15) is 0 Å². The lowest BCUT2D eigenvalue weighted by Crippen LogP contribution is -2.55. The molecule has 3 amide bonds. The predicted octanol–water partition coefficient (Wildman–Crippen LogP) is 3.58. The number of piperidine rings is 1. The minimum atomic E-state index is -0.653. The monoisotopic (exact) mass is 479 g/mol. The first-order valence-electron chi connectivity index (χ1n) is 12.5. The van der Waals surface area contributed by atoms with Crippen LogP contribution in [0.25, 0.3) is 0 Å². The topological polar surface area (TPSA) is 87.7 Å². The van der Waals surface area contributed by atoms with Crippen LogP contribution >= 0.6 is 0 Å². The fourth-order valence-electron chi connectivity index (χ4n) is 4.34. The quantitative estimate of drug-likeness (QED) is 0.545. The first-order valence-corrected chi connectivity index (χ1v) is 12.5. The van der Waals surface area contributed by atoms with E-state index in [1.165, 1.54) is 0 Å². The van der Waals surface area contributed by atoms with Crippen molar-refractivity contribution in [3.63, 3.8) is 0 Å². The lowest BCUT2D eigenvalue weighted by atomic mass is 9.88. The van der Waals surface area contributed by atoms with Crippen LogP contribution in [0.2, 0.25) is 0 Å². The highest BCUT2D eigenvalue weighted by atomic mass is 16.5. The van der Waals surface area contributed by atoms with E-state index in [9.17, 15) is 14.4 Å². The van der Waals surface area contributed by atoms with Crippen LogP contribution in [0.1, 0.15) is 55.5 Å². The van der Waals surface area contributed by atoms with Crippen molar-refractivity contribution in [2.45, 2.75) is 58.0 Å². The number of ether oxygens (including phenoxy) is 1. The summed E-state index contributed by atoms with van der Waals surface area (Å²) in [6, 6.07) is 16.2. The predicted molar refractivity (Wildman–Crippen MR) is 136 cm³/mol. The van der Waals surface area contributed by atoms with Crippen molar-refractivity contribution in [2.24, 2.45) is 5.92 Å². The van der Waals surface area contributed by atoms with Crippen LogP contribution in [0, 0.1) is 5.92 Å². The summed E-state index contributed by atoms with van der Waals surface area (Å²) in [7, 11) is 1.57. The molecular formula is C28H37N3O4. The molecule has 188 valence electrons. The molecule has 0 saturated carbocycles. The molecule has 35 heavy (non-hydrogen) atoms. The van der Waals surface area contributed by atoms with Gasteiger partial charge in [0.1, 0.15) is 11.8 Å². The molecule has 7 nitrogen and oxygen atoms in total. The molecule has 0 radical (unpaired) electrons. The number of likely N-dealkylation sites (tertiary alicyclic amines) is 1. The zero-order valence-corrected chi connectivity index (χ0v) is 21.0. The third-order valence-corrected chi connectivity index (χ3v) is 6.76. The molecule has 0 spiro atoms. The fourth-order valence-corrected chi connectivity index (χ4v) is 4.34. The molecule has 0 aromatic heterocycles. The number of nitrogens with one attached hydrogen (secondary N) is 2. The third kappa shape index (κ3) is 7.57. The molecule has 2 aromatic rings. The van der Waals surface area contributed by atoms with E-state index < -0.39 is 6.04 Å². The molecule has 2 N–H and O–H groups in total. The molecule has 1 fully saturated rings. The summed E-state index contributed by atoms with van der Waals surface area (Å²) in [5, 5.41) is 5.99. The van der Waals surface area contributed by atoms with Gasteiger partial charge in [-0.1, -0.05) is 37.3 Å². The molecule has 2 aromatic carbocycles. The Labute approximate surface area is 208 Å². The summed E-state index contributed by atoms with van der Waals surface area (Å²) < 4.78 is 5.16. The van der Waals surface area contributed by atoms with E-state index in [1.54, 1.807) is 31.4 Å². The van der Waals surface area contributed by atoms with E-state index >= 15 is 0 Å². The number of aryl methyl sites for hydroxylation is 1. The van der Waals surface area contributed by atoms with Gasteiger partial charge in [0.05, 0.1) is 7.11 Å². The van der Waals surface area contributed by atoms with Crippen molar-refractivity contribution in [2.75, 3.05) is 20.2 Å². The molecule has 1 heterocycles. The van der Waals surface area contributed by atoms with Crippen molar-refractivity contribution >= 4 is 17.7 Å². The summed E-state index contributed by atoms with van der Waals surface area (Å²) in [4.78, 5) is 40.7. The highest BCUT2D eigenvalue weighted by Crippen LogP contribution is 2.23. The first-order chi connectivity index (χ1) is 16.9. The Kier molecular flexibility index (Phi) is 9.70. The van der Waals surface area contributed by atoms with Crippen molar-refractivity contribution in [1.82, 2.24) is 15.5 Å². The highest BCUT2D eigenvalue weighted by Gasteiger charge is 2.34. The number of methoxy groups -OCH3 is 1. The van der Waals surface area contributed by atoms with Gasteiger partial charge in [-0.25, -0.2) is 0 Å². The lowest BCUT2D eigenvalue weighted by Gasteiger charge is -2.36. The zero-order valence-electron chi connectivity index (χ0n) is 21.0. The Morgan fingerprint density at radius 3 is 2.26 bits per heavy atom. The number of carbonyl (C=O) groups excluding carboxylic acids is 3. The minimum absolute atomic E-state index is 0.0162. The van der Waals surface area contributed by atoms with Crippen molar-refractivity contribution in [3.05, 3.63) is 65.7 Å². The maximum absolute atomic E-state index is 13.1. The molecule has 1 aliphatic heterocycles. The second-order valence-corrected chi connectivity index (χ2v) is 9.20. The molecule has 0 unspecified atom stereocenters. The van der Waals surface area contributed by atoms with Gasteiger partial charge in [-0.15, -0.1) is 0 Å². The Morgan fingerprint density at radius 1 is 1.00 bits per heavy atom. The smallest absolute Gasteiger partial charge is 0.251 e. The van der Waals surface area contributed by atoms with Gasteiger partial charge in [0.25, 0.3) is 5.91 Å². The largest absolute Gasteiger partial charge is 0.497 e. The van der Waals surface area contributed by atoms with Crippen LogP contribution in [-0.4, -0.2) is 54.9 Å². The molecule has 1 aliphatic rings. The van der Waals surface area contributed by atoms with E-state index in [0.29, 0.717) is 43.7 Å². The minimum Gasteiger partial charge on any atom is -0.497 e. The maximum atomic E-state index is 13.1. The normalized spacial score (nSPS) is 15.7. The van der Waals surface area contributed by atoms with E-state index in [2.05, 4.69) is 10.6 Å². The van der Waals surface area contributed by atoms with Crippen molar-refractivity contribution in [1.29, 1.82) is 0 Å². The molecule has 1 saturated heterocycles. The van der Waals surface area contributed by atoms with Crippen LogP contribution in [0.5, 0.6) is 5.75 Å². The Balaban J connectivity index is 1.61. The van der Waals surface area contributed by atoms with Crippen molar-refractivity contribution < 1.29 is 19.1 Å². The van der Waals surface area contributed by atoms with Crippen LogP contribution in [-0.2, 0) is 16.0 Å². The van der Waals surface area contributed by atoms with E-state index in [-0.39, 0.29) is 29.7 Å². The second-order valence-electron chi connectivity index (χ2n) is 9.20. The lowest BCUT2D eigenvalue weighted by molar-refractivity contribution is -0.133. The van der Waals surface area contributed by atoms with Gasteiger partial charge in [0.15, 0.2) is 0 Å². The summed E-state index contributed by atoms with van der Waals surface area (Å²) >= 11 is 0. The SMILES string of the molecule is CC[C@@H](C)NC(=O)[C@H](NC(=O)c1ccc(OC)cc1)C1CCN(C(=O)CCc2ccccc2)CC1. The molecule has 7 heteroatoms. The average Bonchev–Trinajstić information content (AvgIpc) is 2.90. The zero-order chi connectivity index (χ0) is 25.2. The molecular weight excluding hydrogens is 442 g/mol. The number of benzene rings is 2. The van der Waals surface area contributed by atoms with Gasteiger partial charge in [-0.05, 0) is 68.4 Å². The summed E-state index contributed by atoms with van der Waals surface area (Å²) in [6.07, 6.45) is 3.33. The van der Waals surface area contributed by atoms with Crippen molar-refractivity contribution in [3.8, 4) is 5.75 Å². The standard InChI is InChI=1S/C28H37N3O4/c1-4-20(2)29-28(34)26(30-27(33)23-11-13-24(35-3)14-12-23)22-16-18-31(19-17-22)25(32)15-10-21-8-6-5-7-9-21/h5-9,11-14,20,22,26H,4,10,15-19H2,1-3H3,(H,29,34)(H,30,33)/t20-,26-/m1/s1. The highest BCUT2D eigenvalue weighted by molar-refractivity contribution is 5.97. The number of amides is 3. The van der Waals surface area contributed by atoms with Gasteiger partial charge < -0.3 is 20.3 Å². The van der Waals surface area contributed by atoms with E-state index in [0.717, 1.165) is 18.4 Å². The fraction of sp³-hybridized carbons (Fsp3) is 0.464. The van der Waals surface area contributed by atoms with Gasteiger partial charge in [-0.3, -0.25) is 14.4 Å². The van der Waals surface area contributed by atoms with E-state index in [4.69, 9.17) is 4.74 Å². The summed E-state index contributed by atoms with van der Waals surface area (Å²) in [5.74, 6) is 0.292. The number of carbonyl (C=O) groups is 3. The Hall–Kier alpha value is -3.35. The maximum Gasteiger partial charge on any atom is 0.251 e. The first kappa shape index (κ1) is 26.3. The van der Waals surface area contributed by atoms with Gasteiger partial charge in [0.2, 0.25) is 11.8 Å². The van der Waals surface area contributed by atoms with Crippen LogP contribution in [0.4, 0.5) is 0 Å². The average molecular weight is 480 g/mol.